The number of carbonyl (C=O) groups excluding carboxylic acids is 1. The zero-order chi connectivity index (χ0) is 16.5. The van der Waals surface area contributed by atoms with Crippen LogP contribution in [0.25, 0.3) is 10.2 Å². The zero-order valence-corrected chi connectivity index (χ0v) is 14.5. The summed E-state index contributed by atoms with van der Waals surface area (Å²) in [6.45, 7) is 2.67. The van der Waals surface area contributed by atoms with Gasteiger partial charge in [0.2, 0.25) is 5.91 Å². The van der Waals surface area contributed by atoms with Gasteiger partial charge in [0.25, 0.3) is 0 Å². The number of aliphatic hydroxyl groups is 1. The summed E-state index contributed by atoms with van der Waals surface area (Å²) >= 11 is 1.73. The number of likely N-dealkylation sites (tertiary alicyclic amines) is 1. The number of aromatic nitrogens is 1. The molecule has 0 bridgehead atoms. The standard InChI is InChI=1S/C18H23N3O2S/c22-12-14-4-3-9-21(14)17(23)13-7-10-20(11-8-13)18-19-15-5-1-2-6-16(15)24-18/h1-2,5-6,13-14,22H,3-4,7-12H2/t14-/m1/s1. The second kappa shape index (κ2) is 6.69. The first kappa shape index (κ1) is 15.8. The molecule has 1 aromatic carbocycles. The van der Waals surface area contributed by atoms with E-state index < -0.39 is 0 Å². The van der Waals surface area contributed by atoms with E-state index in [-0.39, 0.29) is 24.5 Å². The molecule has 6 heteroatoms. The molecule has 0 saturated carbocycles. The lowest BCUT2D eigenvalue weighted by atomic mass is 9.95. The van der Waals surface area contributed by atoms with E-state index in [0.29, 0.717) is 0 Å². The topological polar surface area (TPSA) is 56.7 Å². The van der Waals surface area contributed by atoms with Crippen LogP contribution in [0.5, 0.6) is 0 Å². The third kappa shape index (κ3) is 2.89. The Morgan fingerprint density at radius 1 is 1.21 bits per heavy atom. The van der Waals surface area contributed by atoms with Crippen LogP contribution in [0.15, 0.2) is 24.3 Å². The Hall–Kier alpha value is -1.66. The first-order chi connectivity index (χ1) is 11.8. The monoisotopic (exact) mass is 345 g/mol. The number of hydrogen-bond acceptors (Lipinski definition) is 5. The highest BCUT2D eigenvalue weighted by Crippen LogP contribution is 2.32. The number of carbonyl (C=O) groups is 1. The Labute approximate surface area is 145 Å². The lowest BCUT2D eigenvalue weighted by Crippen LogP contribution is -2.45. The van der Waals surface area contributed by atoms with Crippen molar-refractivity contribution in [3.05, 3.63) is 24.3 Å². The summed E-state index contributed by atoms with van der Waals surface area (Å²) in [7, 11) is 0. The molecular formula is C18H23N3O2S. The Morgan fingerprint density at radius 2 is 2.00 bits per heavy atom. The third-order valence-corrected chi connectivity index (χ3v) is 6.37. The van der Waals surface area contributed by atoms with Crippen LogP contribution in [0, 0.1) is 5.92 Å². The molecule has 0 unspecified atom stereocenters. The van der Waals surface area contributed by atoms with Gasteiger partial charge in [0.15, 0.2) is 5.13 Å². The molecule has 0 radical (unpaired) electrons. The molecule has 2 aliphatic heterocycles. The van der Waals surface area contributed by atoms with Crippen LogP contribution in [0.3, 0.4) is 0 Å². The molecule has 2 aromatic rings. The van der Waals surface area contributed by atoms with E-state index in [1.165, 1.54) is 4.70 Å². The van der Waals surface area contributed by atoms with Crippen LogP contribution in [0.4, 0.5) is 5.13 Å². The predicted octanol–water partition coefficient (Wildman–Crippen LogP) is 2.50. The number of fused-ring (bicyclic) bond motifs is 1. The molecule has 1 amide bonds. The van der Waals surface area contributed by atoms with E-state index in [9.17, 15) is 9.90 Å². The van der Waals surface area contributed by atoms with Crippen molar-refractivity contribution < 1.29 is 9.90 Å². The molecule has 5 nitrogen and oxygen atoms in total. The fourth-order valence-corrected chi connectivity index (χ4v) is 4.88. The number of benzene rings is 1. The summed E-state index contributed by atoms with van der Waals surface area (Å²) in [6, 6.07) is 8.26. The lowest BCUT2D eigenvalue weighted by Gasteiger charge is -2.34. The average Bonchev–Trinajstić information content (AvgIpc) is 3.27. The fourth-order valence-electron chi connectivity index (χ4n) is 3.86. The fraction of sp³-hybridized carbons (Fsp3) is 0.556. The van der Waals surface area contributed by atoms with E-state index in [1.54, 1.807) is 11.3 Å². The molecule has 24 heavy (non-hydrogen) atoms. The van der Waals surface area contributed by atoms with Gasteiger partial charge in [0.05, 0.1) is 22.9 Å². The van der Waals surface area contributed by atoms with E-state index in [1.807, 2.05) is 23.1 Å². The van der Waals surface area contributed by atoms with Gasteiger partial charge in [-0.2, -0.15) is 0 Å². The van der Waals surface area contributed by atoms with Crippen molar-refractivity contribution in [2.75, 3.05) is 31.1 Å². The maximum Gasteiger partial charge on any atom is 0.226 e. The molecule has 2 saturated heterocycles. The maximum absolute atomic E-state index is 12.7. The highest BCUT2D eigenvalue weighted by molar-refractivity contribution is 7.22. The van der Waals surface area contributed by atoms with Crippen molar-refractivity contribution in [3.63, 3.8) is 0 Å². The molecule has 1 atom stereocenters. The minimum Gasteiger partial charge on any atom is -0.394 e. The number of anilines is 1. The number of hydrogen-bond donors (Lipinski definition) is 1. The largest absolute Gasteiger partial charge is 0.394 e. The molecule has 1 aromatic heterocycles. The van der Waals surface area contributed by atoms with Gasteiger partial charge in [-0.15, -0.1) is 0 Å². The van der Waals surface area contributed by atoms with Crippen LogP contribution in [-0.4, -0.2) is 53.2 Å². The maximum atomic E-state index is 12.7. The Bertz CT molecular complexity index is 691. The van der Waals surface area contributed by atoms with Crippen LogP contribution in [-0.2, 0) is 4.79 Å². The van der Waals surface area contributed by atoms with E-state index in [0.717, 1.165) is 56.0 Å². The van der Waals surface area contributed by atoms with Crippen molar-refractivity contribution in [2.45, 2.75) is 31.7 Å². The summed E-state index contributed by atoms with van der Waals surface area (Å²) in [4.78, 5) is 21.7. The first-order valence-electron chi connectivity index (χ1n) is 8.78. The van der Waals surface area contributed by atoms with Crippen molar-refractivity contribution in [1.29, 1.82) is 0 Å². The Morgan fingerprint density at radius 3 is 2.75 bits per heavy atom. The summed E-state index contributed by atoms with van der Waals surface area (Å²) in [5.41, 5.74) is 1.05. The summed E-state index contributed by atoms with van der Waals surface area (Å²) < 4.78 is 1.22. The van der Waals surface area contributed by atoms with E-state index >= 15 is 0 Å². The van der Waals surface area contributed by atoms with Crippen LogP contribution in [0.2, 0.25) is 0 Å². The summed E-state index contributed by atoms with van der Waals surface area (Å²) in [6.07, 6.45) is 3.71. The molecule has 2 aliphatic rings. The zero-order valence-electron chi connectivity index (χ0n) is 13.7. The van der Waals surface area contributed by atoms with E-state index in [4.69, 9.17) is 4.98 Å². The van der Waals surface area contributed by atoms with Crippen molar-refractivity contribution in [2.24, 2.45) is 5.92 Å². The highest BCUT2D eigenvalue weighted by Gasteiger charge is 2.34. The van der Waals surface area contributed by atoms with Crippen LogP contribution < -0.4 is 4.90 Å². The second-order valence-electron chi connectivity index (χ2n) is 6.74. The van der Waals surface area contributed by atoms with Crippen LogP contribution in [0.1, 0.15) is 25.7 Å². The number of nitrogens with zero attached hydrogens (tertiary/aromatic N) is 3. The van der Waals surface area contributed by atoms with Crippen molar-refractivity contribution >= 4 is 32.6 Å². The quantitative estimate of drug-likeness (QED) is 0.929. The number of thiazole rings is 1. The predicted molar refractivity (Wildman–Crippen MR) is 96.4 cm³/mol. The molecule has 2 fully saturated rings. The van der Waals surface area contributed by atoms with Gasteiger partial charge in [0, 0.05) is 25.6 Å². The first-order valence-corrected chi connectivity index (χ1v) is 9.60. The molecule has 0 spiro atoms. The van der Waals surface area contributed by atoms with Gasteiger partial charge in [-0.3, -0.25) is 4.79 Å². The molecule has 3 heterocycles. The van der Waals surface area contributed by atoms with Gasteiger partial charge in [0.1, 0.15) is 0 Å². The molecular weight excluding hydrogens is 322 g/mol. The highest BCUT2D eigenvalue weighted by atomic mass is 32.1. The molecule has 4 rings (SSSR count). The van der Waals surface area contributed by atoms with E-state index in [2.05, 4.69) is 11.0 Å². The van der Waals surface area contributed by atoms with Gasteiger partial charge in [-0.1, -0.05) is 23.5 Å². The minimum atomic E-state index is 0.0415. The number of para-hydroxylation sites is 1. The van der Waals surface area contributed by atoms with Gasteiger partial charge in [-0.25, -0.2) is 4.98 Å². The van der Waals surface area contributed by atoms with Gasteiger partial charge < -0.3 is 14.9 Å². The second-order valence-corrected chi connectivity index (χ2v) is 7.74. The SMILES string of the molecule is O=C(C1CCN(c2nc3ccccc3s2)CC1)N1CCC[C@@H]1CO. The molecule has 1 N–H and O–H groups in total. The smallest absolute Gasteiger partial charge is 0.226 e. The molecule has 128 valence electrons. The normalized spacial score (nSPS) is 22.5. The lowest BCUT2D eigenvalue weighted by molar-refractivity contribution is -0.137. The van der Waals surface area contributed by atoms with Crippen LogP contribution >= 0.6 is 11.3 Å². The van der Waals surface area contributed by atoms with Gasteiger partial charge >= 0.3 is 0 Å². The number of amides is 1. The number of rotatable bonds is 3. The Balaban J connectivity index is 1.40. The summed E-state index contributed by atoms with van der Waals surface area (Å²) in [5, 5.41) is 10.5. The molecule has 0 aliphatic carbocycles. The summed E-state index contributed by atoms with van der Waals surface area (Å²) in [5.74, 6) is 0.346. The van der Waals surface area contributed by atoms with Gasteiger partial charge in [-0.05, 0) is 37.8 Å². The minimum absolute atomic E-state index is 0.0415. The average molecular weight is 345 g/mol. The Kier molecular flexibility index (Phi) is 4.41. The van der Waals surface area contributed by atoms with Crippen molar-refractivity contribution in [3.8, 4) is 0 Å². The number of piperidine rings is 1. The van der Waals surface area contributed by atoms with Crippen molar-refractivity contribution in [1.82, 2.24) is 9.88 Å². The third-order valence-electron chi connectivity index (χ3n) is 5.27. The number of aliphatic hydroxyl groups excluding tert-OH is 1.